The van der Waals surface area contributed by atoms with Crippen molar-refractivity contribution in [2.45, 2.75) is 6.92 Å². The van der Waals surface area contributed by atoms with Gasteiger partial charge in [0.1, 0.15) is 17.0 Å². The van der Waals surface area contributed by atoms with Gasteiger partial charge < -0.3 is 9.73 Å². The number of nitrogens with one attached hydrogen (secondary N) is 1. The average molecular weight is 356 g/mol. The fourth-order valence-electron chi connectivity index (χ4n) is 2.91. The molecule has 0 radical (unpaired) electrons. The van der Waals surface area contributed by atoms with Crippen LogP contribution in [0, 0.1) is 6.92 Å². The molecule has 0 aliphatic carbocycles. The van der Waals surface area contributed by atoms with Gasteiger partial charge >= 0.3 is 0 Å². The fourth-order valence-corrected chi connectivity index (χ4v) is 2.91. The summed E-state index contributed by atoms with van der Waals surface area (Å²) in [6.45, 7) is 1.97. The van der Waals surface area contributed by atoms with Gasteiger partial charge in [0.25, 0.3) is 5.91 Å². The third-order valence-electron chi connectivity index (χ3n) is 4.29. The summed E-state index contributed by atoms with van der Waals surface area (Å²) in [5.74, 6) is 0.187. The Morgan fingerprint density at radius 2 is 1.81 bits per heavy atom. The van der Waals surface area contributed by atoms with Crippen molar-refractivity contribution < 1.29 is 9.21 Å². The van der Waals surface area contributed by atoms with E-state index in [1.807, 2.05) is 31.2 Å². The molecule has 0 spiro atoms. The quantitative estimate of drug-likeness (QED) is 0.590. The highest BCUT2D eigenvalue weighted by atomic mass is 16.3. The van der Waals surface area contributed by atoms with E-state index in [9.17, 15) is 9.59 Å². The van der Waals surface area contributed by atoms with Crippen molar-refractivity contribution in [3.63, 3.8) is 0 Å². The third-order valence-corrected chi connectivity index (χ3v) is 4.29. The van der Waals surface area contributed by atoms with E-state index in [1.165, 1.54) is 6.07 Å². The first-order valence-electron chi connectivity index (χ1n) is 8.48. The second-order valence-corrected chi connectivity index (χ2v) is 6.17. The normalized spacial score (nSPS) is 10.7. The summed E-state index contributed by atoms with van der Waals surface area (Å²) >= 11 is 0. The van der Waals surface area contributed by atoms with Crippen LogP contribution in [0.3, 0.4) is 0 Å². The first kappa shape index (κ1) is 16.7. The van der Waals surface area contributed by atoms with Crippen LogP contribution in [-0.4, -0.2) is 10.9 Å². The summed E-state index contributed by atoms with van der Waals surface area (Å²) in [7, 11) is 0. The number of anilines is 1. The topological polar surface area (TPSA) is 72.2 Å². The molecule has 1 amide bonds. The summed E-state index contributed by atoms with van der Waals surface area (Å²) in [4.78, 5) is 28.9. The molecule has 0 saturated carbocycles. The molecule has 0 atom stereocenters. The van der Waals surface area contributed by atoms with Crippen LogP contribution in [0.5, 0.6) is 0 Å². The van der Waals surface area contributed by atoms with E-state index in [0.717, 1.165) is 11.1 Å². The largest absolute Gasteiger partial charge is 0.456 e. The fraction of sp³-hybridized carbons (Fsp3) is 0.0455. The summed E-state index contributed by atoms with van der Waals surface area (Å²) in [5, 5.41) is 3.16. The molecule has 2 heterocycles. The molecule has 0 unspecified atom stereocenters. The Kier molecular flexibility index (Phi) is 4.26. The molecule has 0 fully saturated rings. The van der Waals surface area contributed by atoms with Gasteiger partial charge in [0, 0.05) is 23.5 Å². The standard InChI is InChI=1S/C22H16N2O3/c1-14-6-2-3-7-16(14)21-13-19(25)17-12-15(9-10-20(17)27-21)24-22(26)18-8-4-5-11-23-18/h2-13H,1H3,(H,24,26). The number of amides is 1. The first-order chi connectivity index (χ1) is 13.1. The second kappa shape index (κ2) is 6.88. The number of rotatable bonds is 3. The highest BCUT2D eigenvalue weighted by molar-refractivity contribution is 6.03. The number of pyridine rings is 1. The van der Waals surface area contributed by atoms with Crippen molar-refractivity contribution in [2.24, 2.45) is 0 Å². The number of aromatic nitrogens is 1. The summed E-state index contributed by atoms with van der Waals surface area (Å²) in [5.41, 5.74) is 3.02. The van der Waals surface area contributed by atoms with Gasteiger partial charge in [-0.15, -0.1) is 0 Å². The van der Waals surface area contributed by atoms with Gasteiger partial charge in [-0.1, -0.05) is 30.3 Å². The van der Waals surface area contributed by atoms with Gasteiger partial charge in [-0.25, -0.2) is 0 Å². The van der Waals surface area contributed by atoms with Crippen molar-refractivity contribution >= 4 is 22.6 Å². The maximum Gasteiger partial charge on any atom is 0.274 e. The Bertz CT molecular complexity index is 1200. The lowest BCUT2D eigenvalue weighted by Gasteiger charge is -2.08. The molecule has 132 valence electrons. The minimum atomic E-state index is -0.337. The minimum absolute atomic E-state index is 0.163. The highest BCUT2D eigenvalue weighted by Crippen LogP contribution is 2.26. The van der Waals surface area contributed by atoms with Gasteiger partial charge in [0.15, 0.2) is 5.43 Å². The molecule has 0 bridgehead atoms. The summed E-state index contributed by atoms with van der Waals surface area (Å²) < 4.78 is 5.93. The van der Waals surface area contributed by atoms with Crippen molar-refractivity contribution in [3.8, 4) is 11.3 Å². The molecular weight excluding hydrogens is 340 g/mol. The molecular formula is C22H16N2O3. The third kappa shape index (κ3) is 3.35. The van der Waals surface area contributed by atoms with Crippen LogP contribution in [0.15, 0.2) is 82.1 Å². The second-order valence-electron chi connectivity index (χ2n) is 6.17. The van der Waals surface area contributed by atoms with Gasteiger partial charge in [-0.3, -0.25) is 14.6 Å². The van der Waals surface area contributed by atoms with E-state index >= 15 is 0 Å². The monoisotopic (exact) mass is 356 g/mol. The predicted molar refractivity (Wildman–Crippen MR) is 105 cm³/mol. The maximum absolute atomic E-state index is 12.6. The molecule has 4 aromatic rings. The van der Waals surface area contributed by atoms with Crippen LogP contribution in [0.1, 0.15) is 16.1 Å². The Morgan fingerprint density at radius 1 is 1.00 bits per heavy atom. The molecule has 5 heteroatoms. The van der Waals surface area contributed by atoms with Crippen LogP contribution in [0.25, 0.3) is 22.3 Å². The van der Waals surface area contributed by atoms with Crippen molar-refractivity contribution in [1.82, 2.24) is 4.98 Å². The van der Waals surface area contributed by atoms with Crippen molar-refractivity contribution in [3.05, 3.63) is 94.4 Å². The highest BCUT2D eigenvalue weighted by Gasteiger charge is 2.11. The van der Waals surface area contributed by atoms with Crippen molar-refractivity contribution in [2.75, 3.05) is 5.32 Å². The molecule has 2 aromatic heterocycles. The number of nitrogens with zero attached hydrogens (tertiary/aromatic N) is 1. The zero-order valence-electron chi connectivity index (χ0n) is 14.6. The first-order valence-corrected chi connectivity index (χ1v) is 8.48. The zero-order chi connectivity index (χ0) is 18.8. The van der Waals surface area contributed by atoms with Crippen LogP contribution < -0.4 is 10.7 Å². The lowest BCUT2D eigenvalue weighted by molar-refractivity contribution is 0.102. The Hall–Kier alpha value is -3.73. The van der Waals surface area contributed by atoms with Crippen LogP contribution in [-0.2, 0) is 0 Å². The van der Waals surface area contributed by atoms with Gasteiger partial charge in [-0.2, -0.15) is 0 Å². The predicted octanol–water partition coefficient (Wildman–Crippen LogP) is 4.42. The molecule has 0 aliphatic heterocycles. The van der Waals surface area contributed by atoms with Gasteiger partial charge in [0.05, 0.1) is 5.39 Å². The lowest BCUT2D eigenvalue weighted by Crippen LogP contribution is -2.13. The molecule has 0 aliphatic rings. The summed E-state index contributed by atoms with van der Waals surface area (Å²) in [6.07, 6.45) is 1.55. The Labute approximate surface area is 155 Å². The summed E-state index contributed by atoms with van der Waals surface area (Å²) in [6, 6.07) is 19.3. The van der Waals surface area contributed by atoms with Gasteiger partial charge in [-0.05, 0) is 42.8 Å². The smallest absolute Gasteiger partial charge is 0.274 e. The SMILES string of the molecule is Cc1ccccc1-c1cc(=O)c2cc(NC(=O)c3ccccn3)ccc2o1. The van der Waals surface area contributed by atoms with Crippen LogP contribution in [0.2, 0.25) is 0 Å². The van der Waals surface area contributed by atoms with E-state index in [-0.39, 0.29) is 11.3 Å². The van der Waals surface area contributed by atoms with E-state index < -0.39 is 0 Å². The number of aryl methyl sites for hydroxylation is 1. The van der Waals surface area contributed by atoms with Crippen molar-refractivity contribution in [1.29, 1.82) is 0 Å². The number of carbonyl (C=O) groups excluding carboxylic acids is 1. The van der Waals surface area contributed by atoms with E-state index in [4.69, 9.17) is 4.42 Å². The zero-order valence-corrected chi connectivity index (χ0v) is 14.6. The van der Waals surface area contributed by atoms with Gasteiger partial charge in [0.2, 0.25) is 0 Å². The molecule has 4 rings (SSSR count). The Balaban J connectivity index is 1.71. The molecule has 27 heavy (non-hydrogen) atoms. The van der Waals surface area contributed by atoms with E-state index in [0.29, 0.717) is 28.1 Å². The number of carbonyl (C=O) groups is 1. The number of hydrogen-bond acceptors (Lipinski definition) is 4. The van der Waals surface area contributed by atoms with E-state index in [2.05, 4.69) is 10.3 Å². The maximum atomic E-state index is 12.6. The minimum Gasteiger partial charge on any atom is -0.456 e. The molecule has 1 N–H and O–H groups in total. The Morgan fingerprint density at radius 3 is 2.59 bits per heavy atom. The number of fused-ring (bicyclic) bond motifs is 1. The lowest BCUT2D eigenvalue weighted by atomic mass is 10.1. The van der Waals surface area contributed by atoms with Crippen LogP contribution >= 0.6 is 0 Å². The molecule has 2 aromatic carbocycles. The molecule has 0 saturated heterocycles. The number of hydrogen-bond donors (Lipinski definition) is 1. The van der Waals surface area contributed by atoms with Crippen LogP contribution in [0.4, 0.5) is 5.69 Å². The average Bonchev–Trinajstić information content (AvgIpc) is 2.69. The van der Waals surface area contributed by atoms with E-state index in [1.54, 1.807) is 42.6 Å². The molecule has 5 nitrogen and oxygen atoms in total. The number of benzene rings is 2.